The lowest BCUT2D eigenvalue weighted by Gasteiger charge is -2.10. The second-order valence-electron chi connectivity index (χ2n) is 10.5. The summed E-state index contributed by atoms with van der Waals surface area (Å²) in [4.78, 5) is 0. The molecule has 0 N–H and O–H groups in total. The van der Waals surface area contributed by atoms with Crippen molar-refractivity contribution in [1.82, 2.24) is 14.8 Å². The van der Waals surface area contributed by atoms with Crippen LogP contribution in [0.25, 0.3) is 0 Å². The molecule has 0 atom stereocenters. The van der Waals surface area contributed by atoms with E-state index in [-0.39, 0.29) is 0 Å². The fraction of sp³-hybridized carbons (Fsp3) is 0.576. The highest BCUT2D eigenvalue weighted by atomic mass is 33.1. The van der Waals surface area contributed by atoms with Gasteiger partial charge in [0.25, 0.3) is 0 Å². The summed E-state index contributed by atoms with van der Waals surface area (Å²) >= 11 is 0. The number of aryl methyl sites for hydroxylation is 1. The van der Waals surface area contributed by atoms with E-state index in [9.17, 15) is 0 Å². The molecule has 3 rings (SSSR count). The molecule has 0 aliphatic carbocycles. The van der Waals surface area contributed by atoms with E-state index in [1.807, 2.05) is 10.8 Å². The van der Waals surface area contributed by atoms with E-state index in [1.165, 1.54) is 107 Å². The van der Waals surface area contributed by atoms with Crippen LogP contribution in [-0.4, -0.2) is 14.8 Å². The van der Waals surface area contributed by atoms with Gasteiger partial charge in [0.1, 0.15) is 5.82 Å². The molecule has 0 unspecified atom stereocenters. The molecule has 38 heavy (non-hydrogen) atoms. The van der Waals surface area contributed by atoms with Gasteiger partial charge in [0, 0.05) is 12.2 Å². The third kappa shape index (κ3) is 12.9. The first-order chi connectivity index (χ1) is 18.9. The Hall–Kier alpha value is -1.72. The average molecular weight is 552 g/mol. The zero-order chi connectivity index (χ0) is 26.5. The number of unbranched alkanes of at least 4 members (excludes halogenated alkanes) is 14. The Bertz CT molecular complexity index is 959. The molecule has 0 aliphatic rings. The van der Waals surface area contributed by atoms with Crippen LogP contribution in [0.1, 0.15) is 120 Å². The Labute approximate surface area is 240 Å². The maximum Gasteiger partial charge on any atom is 0.202 e. The molecule has 0 fully saturated rings. The number of hydrogen-bond acceptors (Lipinski definition) is 4. The fourth-order valence-electron chi connectivity index (χ4n) is 4.87. The summed E-state index contributed by atoms with van der Waals surface area (Å²) in [6, 6.07) is 21.4. The minimum Gasteiger partial charge on any atom is -0.301 e. The summed E-state index contributed by atoms with van der Waals surface area (Å²) in [6.07, 6.45) is 21.9. The van der Waals surface area contributed by atoms with Gasteiger partial charge in [-0.25, -0.2) is 0 Å². The van der Waals surface area contributed by atoms with Crippen molar-refractivity contribution < 1.29 is 0 Å². The van der Waals surface area contributed by atoms with Crippen LogP contribution in [0.15, 0.2) is 65.8 Å². The largest absolute Gasteiger partial charge is 0.301 e. The van der Waals surface area contributed by atoms with E-state index in [0.29, 0.717) is 0 Å². The van der Waals surface area contributed by atoms with Crippen LogP contribution in [0.4, 0.5) is 0 Å². The molecular formula is C33H49N3S2. The van der Waals surface area contributed by atoms with Crippen LogP contribution in [0.3, 0.4) is 0 Å². The van der Waals surface area contributed by atoms with Crippen molar-refractivity contribution >= 4 is 21.6 Å². The molecule has 0 spiro atoms. The van der Waals surface area contributed by atoms with Crippen molar-refractivity contribution in [3.05, 3.63) is 77.6 Å². The molecule has 0 amide bonds. The van der Waals surface area contributed by atoms with Crippen LogP contribution < -0.4 is 0 Å². The summed E-state index contributed by atoms with van der Waals surface area (Å²) in [6.45, 7) is 3.14. The van der Waals surface area contributed by atoms with E-state index in [1.54, 1.807) is 10.8 Å². The molecule has 0 aliphatic heterocycles. The van der Waals surface area contributed by atoms with Crippen LogP contribution in [0.5, 0.6) is 0 Å². The van der Waals surface area contributed by atoms with E-state index in [2.05, 4.69) is 82.4 Å². The van der Waals surface area contributed by atoms with E-state index in [4.69, 9.17) is 0 Å². The van der Waals surface area contributed by atoms with E-state index in [0.717, 1.165) is 29.7 Å². The molecule has 0 radical (unpaired) electrons. The first-order valence-electron chi connectivity index (χ1n) is 15.2. The second kappa shape index (κ2) is 20.2. The molecule has 1 heterocycles. The predicted octanol–water partition coefficient (Wildman–Crippen LogP) is 10.7. The van der Waals surface area contributed by atoms with Gasteiger partial charge in [0.05, 0.1) is 6.54 Å². The summed E-state index contributed by atoms with van der Waals surface area (Å²) < 4.78 is 2.34. The van der Waals surface area contributed by atoms with Crippen LogP contribution in [-0.2, 0) is 18.7 Å². The van der Waals surface area contributed by atoms with Crippen LogP contribution >= 0.6 is 21.6 Å². The molecule has 3 aromatic rings. The predicted molar refractivity (Wildman–Crippen MR) is 168 cm³/mol. The Kier molecular flexibility index (Phi) is 16.4. The molecule has 1 aromatic heterocycles. The fourth-order valence-corrected chi connectivity index (χ4v) is 6.97. The molecule has 0 saturated carbocycles. The Morgan fingerprint density at radius 3 is 1.63 bits per heavy atom. The number of nitrogens with zero attached hydrogens (tertiary/aromatic N) is 3. The lowest BCUT2D eigenvalue weighted by atomic mass is 10.0. The van der Waals surface area contributed by atoms with Crippen molar-refractivity contribution in [3.8, 4) is 0 Å². The zero-order valence-corrected chi connectivity index (χ0v) is 25.3. The van der Waals surface area contributed by atoms with Gasteiger partial charge in [-0.3, -0.25) is 0 Å². The monoisotopic (exact) mass is 551 g/mol. The smallest absolute Gasteiger partial charge is 0.202 e. The number of benzene rings is 2. The summed E-state index contributed by atoms with van der Waals surface area (Å²) in [7, 11) is 3.59. The summed E-state index contributed by atoms with van der Waals surface area (Å²) in [5.41, 5.74) is 2.65. The molecule has 5 heteroatoms. The van der Waals surface area contributed by atoms with Crippen molar-refractivity contribution in [2.24, 2.45) is 0 Å². The van der Waals surface area contributed by atoms with E-state index < -0.39 is 0 Å². The van der Waals surface area contributed by atoms with Crippen LogP contribution in [0.2, 0.25) is 0 Å². The Morgan fingerprint density at radius 2 is 1.08 bits per heavy atom. The number of hydrogen-bond donors (Lipinski definition) is 0. The SMILES string of the molecule is CCCCCCCCCCCCCCCCCc1nnc(SSCc2ccccc2)n1Cc1ccccc1. The Morgan fingerprint density at radius 1 is 0.579 bits per heavy atom. The van der Waals surface area contributed by atoms with Gasteiger partial charge in [0.15, 0.2) is 0 Å². The minimum absolute atomic E-state index is 0.843. The molecule has 3 nitrogen and oxygen atoms in total. The zero-order valence-electron chi connectivity index (χ0n) is 23.7. The third-order valence-corrected chi connectivity index (χ3v) is 9.36. The maximum atomic E-state index is 4.62. The third-order valence-electron chi connectivity index (χ3n) is 7.18. The first kappa shape index (κ1) is 30.8. The average Bonchev–Trinajstić information content (AvgIpc) is 3.32. The lowest BCUT2D eigenvalue weighted by molar-refractivity contribution is 0.530. The second-order valence-corrected chi connectivity index (χ2v) is 12.8. The highest BCUT2D eigenvalue weighted by Gasteiger charge is 2.13. The number of aromatic nitrogens is 3. The number of rotatable bonds is 22. The van der Waals surface area contributed by atoms with Crippen LogP contribution in [0, 0.1) is 0 Å². The normalized spacial score (nSPS) is 11.3. The summed E-state index contributed by atoms with van der Waals surface area (Å²) in [5.74, 6) is 2.10. The summed E-state index contributed by atoms with van der Waals surface area (Å²) in [5, 5.41) is 10.2. The van der Waals surface area contributed by atoms with Crippen molar-refractivity contribution in [2.75, 3.05) is 0 Å². The van der Waals surface area contributed by atoms with Gasteiger partial charge < -0.3 is 4.57 Å². The van der Waals surface area contributed by atoms with Gasteiger partial charge in [-0.15, -0.1) is 10.2 Å². The molecule has 0 saturated heterocycles. The van der Waals surface area contributed by atoms with Crippen molar-refractivity contribution in [3.63, 3.8) is 0 Å². The Balaban J connectivity index is 1.31. The van der Waals surface area contributed by atoms with Gasteiger partial charge in [0.2, 0.25) is 5.16 Å². The van der Waals surface area contributed by atoms with Gasteiger partial charge in [-0.05, 0) is 28.3 Å². The first-order valence-corrected chi connectivity index (χ1v) is 17.5. The minimum atomic E-state index is 0.843. The maximum absolute atomic E-state index is 4.62. The van der Waals surface area contributed by atoms with Gasteiger partial charge in [-0.2, -0.15) is 0 Å². The highest BCUT2D eigenvalue weighted by molar-refractivity contribution is 8.76. The van der Waals surface area contributed by atoms with Gasteiger partial charge >= 0.3 is 0 Å². The van der Waals surface area contributed by atoms with Crippen molar-refractivity contribution in [2.45, 2.75) is 127 Å². The standard InChI is InChI=1S/C33H49N3S2/c1-2-3-4-5-6-7-8-9-10-11-12-13-14-15-22-27-32-34-35-33(36(32)28-30-23-18-16-19-24-30)38-37-29-31-25-20-17-21-26-31/h16-21,23-26H,2-15,22,27-29H2,1H3. The molecule has 208 valence electrons. The van der Waals surface area contributed by atoms with E-state index >= 15 is 0 Å². The molecule has 2 aromatic carbocycles. The topological polar surface area (TPSA) is 30.7 Å². The quantitative estimate of drug-likeness (QED) is 0.0917. The van der Waals surface area contributed by atoms with Crippen molar-refractivity contribution in [1.29, 1.82) is 0 Å². The molecular weight excluding hydrogens is 503 g/mol. The highest BCUT2D eigenvalue weighted by Crippen LogP contribution is 2.33. The van der Waals surface area contributed by atoms with Gasteiger partial charge in [-0.1, -0.05) is 168 Å². The molecule has 0 bridgehead atoms. The lowest BCUT2D eigenvalue weighted by Crippen LogP contribution is -2.06.